The number of carbonyl (C=O) groups is 1. The second-order valence-electron chi connectivity index (χ2n) is 5.79. The first-order chi connectivity index (χ1) is 13.2. The number of nitrogens with zero attached hydrogens (tertiary/aromatic N) is 3. The third kappa shape index (κ3) is 3.72. The van der Waals surface area contributed by atoms with Crippen LogP contribution in [0.15, 0.2) is 67.0 Å². The van der Waals surface area contributed by atoms with Crippen molar-refractivity contribution in [2.45, 2.75) is 0 Å². The molecule has 0 spiro atoms. The smallest absolute Gasteiger partial charge is 0.229 e. The van der Waals surface area contributed by atoms with Crippen molar-refractivity contribution in [1.82, 2.24) is 15.0 Å². The quantitative estimate of drug-likeness (QED) is 0.512. The van der Waals surface area contributed by atoms with Gasteiger partial charge in [-0.25, -0.2) is 9.37 Å². The lowest BCUT2D eigenvalue weighted by Gasteiger charge is -2.10. The van der Waals surface area contributed by atoms with Gasteiger partial charge in [-0.1, -0.05) is 18.2 Å². The molecule has 0 amide bonds. The molecule has 0 aliphatic carbocycles. The van der Waals surface area contributed by atoms with Crippen molar-refractivity contribution < 1.29 is 9.18 Å². The SMILES string of the molecule is O=Cc1cccc(Nc2ncc(F)c(Nc3ccc4ncccc4c3)n2)c1. The van der Waals surface area contributed by atoms with Crippen LogP contribution < -0.4 is 10.6 Å². The Balaban J connectivity index is 1.60. The molecule has 0 saturated heterocycles. The molecule has 7 heteroatoms. The fraction of sp³-hybridized carbons (Fsp3) is 0. The molecule has 0 aliphatic heterocycles. The van der Waals surface area contributed by atoms with Crippen LogP contribution in [0, 0.1) is 5.82 Å². The van der Waals surface area contributed by atoms with E-state index < -0.39 is 5.82 Å². The van der Waals surface area contributed by atoms with Crippen LogP contribution in [0.4, 0.5) is 27.5 Å². The maximum Gasteiger partial charge on any atom is 0.229 e. The van der Waals surface area contributed by atoms with Crippen molar-refractivity contribution in [3.8, 4) is 0 Å². The average molecular weight is 359 g/mol. The molecular formula is C20H14FN5O. The zero-order chi connectivity index (χ0) is 18.6. The Morgan fingerprint density at radius 1 is 0.926 bits per heavy atom. The fourth-order valence-corrected chi connectivity index (χ4v) is 2.62. The molecule has 6 nitrogen and oxygen atoms in total. The minimum atomic E-state index is -0.575. The van der Waals surface area contributed by atoms with Gasteiger partial charge in [-0.3, -0.25) is 9.78 Å². The lowest BCUT2D eigenvalue weighted by molar-refractivity contribution is 0.112. The van der Waals surface area contributed by atoms with Crippen molar-refractivity contribution in [3.05, 3.63) is 78.4 Å². The van der Waals surface area contributed by atoms with Crippen molar-refractivity contribution in [2.24, 2.45) is 0 Å². The van der Waals surface area contributed by atoms with E-state index in [2.05, 4.69) is 25.6 Å². The molecule has 4 aromatic rings. The first kappa shape index (κ1) is 16.6. The fourth-order valence-electron chi connectivity index (χ4n) is 2.62. The number of carbonyl (C=O) groups excluding carboxylic acids is 1. The molecule has 0 atom stereocenters. The van der Waals surface area contributed by atoms with Crippen LogP contribution in [0.1, 0.15) is 10.4 Å². The van der Waals surface area contributed by atoms with Gasteiger partial charge in [0.05, 0.1) is 11.7 Å². The number of aromatic nitrogens is 3. The highest BCUT2D eigenvalue weighted by molar-refractivity contribution is 5.83. The molecule has 0 unspecified atom stereocenters. The van der Waals surface area contributed by atoms with Crippen LogP contribution in [0.3, 0.4) is 0 Å². The van der Waals surface area contributed by atoms with Gasteiger partial charge in [-0.15, -0.1) is 0 Å². The van der Waals surface area contributed by atoms with E-state index in [-0.39, 0.29) is 11.8 Å². The van der Waals surface area contributed by atoms with E-state index in [0.29, 0.717) is 16.9 Å². The van der Waals surface area contributed by atoms with Gasteiger partial charge in [0.15, 0.2) is 11.6 Å². The summed E-state index contributed by atoms with van der Waals surface area (Å²) in [6, 6.07) is 16.1. The highest BCUT2D eigenvalue weighted by atomic mass is 19.1. The number of aldehydes is 1. The van der Waals surface area contributed by atoms with Crippen molar-refractivity contribution in [1.29, 1.82) is 0 Å². The minimum absolute atomic E-state index is 0.0438. The van der Waals surface area contributed by atoms with E-state index in [1.165, 1.54) is 0 Å². The van der Waals surface area contributed by atoms with Gasteiger partial charge in [-0.05, 0) is 36.4 Å². The van der Waals surface area contributed by atoms with E-state index in [1.54, 1.807) is 36.5 Å². The molecule has 27 heavy (non-hydrogen) atoms. The van der Waals surface area contributed by atoms with Crippen LogP contribution >= 0.6 is 0 Å². The first-order valence-electron chi connectivity index (χ1n) is 8.18. The van der Waals surface area contributed by atoms with Gasteiger partial charge in [-0.2, -0.15) is 4.98 Å². The Kier molecular flexibility index (Phi) is 4.40. The number of rotatable bonds is 5. The van der Waals surface area contributed by atoms with Crippen LogP contribution in [-0.2, 0) is 0 Å². The lowest BCUT2D eigenvalue weighted by atomic mass is 10.2. The highest BCUT2D eigenvalue weighted by Gasteiger charge is 2.09. The maximum atomic E-state index is 14.2. The zero-order valence-corrected chi connectivity index (χ0v) is 14.1. The molecule has 2 aromatic carbocycles. The van der Waals surface area contributed by atoms with Gasteiger partial charge in [0.2, 0.25) is 5.95 Å². The first-order valence-corrected chi connectivity index (χ1v) is 8.18. The third-order valence-electron chi connectivity index (χ3n) is 3.89. The Morgan fingerprint density at radius 2 is 1.81 bits per heavy atom. The Hall–Kier alpha value is -3.87. The predicted octanol–water partition coefficient (Wildman–Crippen LogP) is 4.46. The number of hydrogen-bond donors (Lipinski definition) is 2. The summed E-state index contributed by atoms with van der Waals surface area (Å²) in [4.78, 5) is 23.3. The number of fused-ring (bicyclic) bond motifs is 1. The van der Waals surface area contributed by atoms with Gasteiger partial charge in [0.1, 0.15) is 6.29 Å². The Morgan fingerprint density at radius 3 is 2.70 bits per heavy atom. The number of hydrogen-bond acceptors (Lipinski definition) is 6. The largest absolute Gasteiger partial charge is 0.338 e. The Bertz CT molecular complexity index is 1130. The van der Waals surface area contributed by atoms with E-state index in [4.69, 9.17) is 0 Å². The highest BCUT2D eigenvalue weighted by Crippen LogP contribution is 2.23. The van der Waals surface area contributed by atoms with E-state index in [9.17, 15) is 9.18 Å². The summed E-state index contributed by atoms with van der Waals surface area (Å²) in [6.45, 7) is 0. The summed E-state index contributed by atoms with van der Waals surface area (Å²) in [6.07, 6.45) is 3.55. The van der Waals surface area contributed by atoms with Gasteiger partial charge >= 0.3 is 0 Å². The molecular weight excluding hydrogens is 345 g/mol. The van der Waals surface area contributed by atoms with E-state index in [1.807, 2.05) is 24.3 Å². The zero-order valence-electron chi connectivity index (χ0n) is 14.1. The number of benzene rings is 2. The van der Waals surface area contributed by atoms with Crippen LogP contribution in [0.2, 0.25) is 0 Å². The molecule has 2 N–H and O–H groups in total. The van der Waals surface area contributed by atoms with Crippen molar-refractivity contribution in [2.75, 3.05) is 10.6 Å². The number of pyridine rings is 1. The summed E-state index contributed by atoms with van der Waals surface area (Å²) in [5.74, 6) is -0.319. The van der Waals surface area contributed by atoms with Gasteiger partial charge in [0.25, 0.3) is 0 Å². The summed E-state index contributed by atoms with van der Waals surface area (Å²) >= 11 is 0. The average Bonchev–Trinajstić information content (AvgIpc) is 2.70. The minimum Gasteiger partial charge on any atom is -0.338 e. The molecule has 2 aromatic heterocycles. The van der Waals surface area contributed by atoms with Gasteiger partial charge < -0.3 is 10.6 Å². The molecule has 0 radical (unpaired) electrons. The summed E-state index contributed by atoms with van der Waals surface area (Å²) in [5.41, 5.74) is 2.68. The third-order valence-corrected chi connectivity index (χ3v) is 3.89. The number of nitrogens with one attached hydrogen (secondary N) is 2. The normalized spacial score (nSPS) is 10.6. The summed E-state index contributed by atoms with van der Waals surface area (Å²) < 4.78 is 14.2. The summed E-state index contributed by atoms with van der Waals surface area (Å²) in [5, 5.41) is 6.86. The number of anilines is 4. The topological polar surface area (TPSA) is 79.8 Å². The van der Waals surface area contributed by atoms with Crippen LogP contribution in [0.5, 0.6) is 0 Å². The van der Waals surface area contributed by atoms with Crippen LogP contribution in [0.25, 0.3) is 10.9 Å². The molecule has 0 bridgehead atoms. The lowest BCUT2D eigenvalue weighted by Crippen LogP contribution is -2.03. The maximum absolute atomic E-state index is 14.2. The van der Waals surface area contributed by atoms with Gasteiger partial charge in [0, 0.05) is 28.5 Å². The second kappa shape index (κ2) is 7.17. The standard InChI is InChI=1S/C20H14FN5O/c21-17-11-23-20(25-15-5-1-3-13(9-15)12-27)26-19(17)24-16-6-7-18-14(10-16)4-2-8-22-18/h1-12H,(H2,23,24,25,26). The van der Waals surface area contributed by atoms with Crippen LogP contribution in [-0.4, -0.2) is 21.2 Å². The monoisotopic (exact) mass is 359 g/mol. The molecule has 0 aliphatic rings. The van der Waals surface area contributed by atoms with E-state index >= 15 is 0 Å². The Labute approximate surface area is 154 Å². The van der Waals surface area contributed by atoms with E-state index in [0.717, 1.165) is 23.4 Å². The van der Waals surface area contributed by atoms with Crippen molar-refractivity contribution in [3.63, 3.8) is 0 Å². The second-order valence-corrected chi connectivity index (χ2v) is 5.79. The molecule has 2 heterocycles. The molecule has 132 valence electrons. The number of halogens is 1. The molecule has 0 saturated carbocycles. The molecule has 4 rings (SSSR count). The summed E-state index contributed by atoms with van der Waals surface area (Å²) in [7, 11) is 0. The predicted molar refractivity (Wildman–Crippen MR) is 102 cm³/mol. The van der Waals surface area contributed by atoms with Crippen molar-refractivity contribution >= 4 is 40.3 Å². The molecule has 0 fully saturated rings.